The molecule has 1 amide bonds. The average molecular weight is 334 g/mol. The molecule has 1 N–H and O–H groups in total. The summed E-state index contributed by atoms with van der Waals surface area (Å²) in [5, 5.41) is 3.11. The summed E-state index contributed by atoms with van der Waals surface area (Å²) in [4.78, 5) is 17.3. The van der Waals surface area contributed by atoms with Gasteiger partial charge < -0.3 is 10.1 Å². The molecule has 2 saturated heterocycles. The van der Waals surface area contributed by atoms with Crippen LogP contribution in [-0.4, -0.2) is 43.2 Å². The molecule has 3 atom stereocenters. The largest absolute Gasteiger partial charge is 0.376 e. The lowest BCUT2D eigenvalue weighted by Crippen LogP contribution is -2.45. The van der Waals surface area contributed by atoms with Crippen molar-refractivity contribution in [2.75, 3.05) is 26.2 Å². The SMILES string of the molecule is Cc1ccc(CN2CC[C@H]3CO[C@H](CNC(=O)C4CC4)[C@H]3C2)s1. The van der Waals surface area contributed by atoms with Crippen LogP contribution >= 0.6 is 11.3 Å². The second-order valence-electron chi connectivity index (χ2n) is 7.35. The molecule has 0 unspecified atom stereocenters. The third-order valence-corrected chi connectivity index (χ3v) is 6.48. The van der Waals surface area contributed by atoms with Crippen LogP contribution in [0.4, 0.5) is 0 Å². The molecule has 0 spiro atoms. The van der Waals surface area contributed by atoms with E-state index >= 15 is 0 Å². The first-order valence-corrected chi connectivity index (χ1v) is 9.67. The van der Waals surface area contributed by atoms with Crippen molar-refractivity contribution in [3.63, 3.8) is 0 Å². The highest BCUT2D eigenvalue weighted by Crippen LogP contribution is 2.35. The smallest absolute Gasteiger partial charge is 0.223 e. The highest BCUT2D eigenvalue weighted by atomic mass is 32.1. The molecule has 1 aromatic heterocycles. The molecule has 23 heavy (non-hydrogen) atoms. The Bertz CT molecular complexity index is 569. The molecule has 3 heterocycles. The number of likely N-dealkylation sites (tertiary alicyclic amines) is 1. The molecular formula is C18H26N2O2S. The lowest BCUT2D eigenvalue weighted by molar-refractivity contribution is -0.122. The lowest BCUT2D eigenvalue weighted by Gasteiger charge is -2.35. The van der Waals surface area contributed by atoms with Gasteiger partial charge in [0.25, 0.3) is 0 Å². The summed E-state index contributed by atoms with van der Waals surface area (Å²) in [5.41, 5.74) is 0. The third kappa shape index (κ3) is 3.62. The normalized spacial score (nSPS) is 31.1. The van der Waals surface area contributed by atoms with Gasteiger partial charge >= 0.3 is 0 Å². The van der Waals surface area contributed by atoms with Gasteiger partial charge in [0, 0.05) is 41.2 Å². The Kier molecular flexibility index (Phi) is 4.43. The number of aryl methyl sites for hydroxylation is 1. The van der Waals surface area contributed by atoms with Crippen LogP contribution in [0.3, 0.4) is 0 Å². The number of fused-ring (bicyclic) bond motifs is 1. The number of piperidine rings is 1. The zero-order chi connectivity index (χ0) is 15.8. The van der Waals surface area contributed by atoms with E-state index in [0.717, 1.165) is 32.5 Å². The van der Waals surface area contributed by atoms with E-state index in [1.54, 1.807) is 0 Å². The van der Waals surface area contributed by atoms with Crippen LogP contribution in [-0.2, 0) is 16.1 Å². The average Bonchev–Trinajstić information content (AvgIpc) is 3.21. The zero-order valence-corrected chi connectivity index (χ0v) is 14.6. The molecule has 3 fully saturated rings. The topological polar surface area (TPSA) is 41.6 Å². The van der Waals surface area contributed by atoms with Crippen molar-refractivity contribution in [1.82, 2.24) is 10.2 Å². The second kappa shape index (κ2) is 6.54. The molecule has 0 bridgehead atoms. The molecule has 1 aromatic rings. The summed E-state index contributed by atoms with van der Waals surface area (Å²) >= 11 is 1.90. The maximum absolute atomic E-state index is 11.9. The molecule has 0 aromatic carbocycles. The molecule has 0 radical (unpaired) electrons. The Morgan fingerprint density at radius 1 is 1.39 bits per heavy atom. The van der Waals surface area contributed by atoms with E-state index < -0.39 is 0 Å². The number of carbonyl (C=O) groups excluding carboxylic acids is 1. The first kappa shape index (κ1) is 15.6. The van der Waals surface area contributed by atoms with Crippen LogP contribution < -0.4 is 5.32 Å². The highest BCUT2D eigenvalue weighted by Gasteiger charge is 2.41. The number of hydrogen-bond acceptors (Lipinski definition) is 4. The van der Waals surface area contributed by atoms with Crippen molar-refractivity contribution in [2.24, 2.45) is 17.8 Å². The van der Waals surface area contributed by atoms with Gasteiger partial charge in [-0.2, -0.15) is 0 Å². The Labute approximate surface area is 142 Å². The Hall–Kier alpha value is -0.910. The van der Waals surface area contributed by atoms with Crippen LogP contribution in [0, 0.1) is 24.7 Å². The fourth-order valence-electron chi connectivity index (χ4n) is 3.94. The number of carbonyl (C=O) groups is 1. The second-order valence-corrected chi connectivity index (χ2v) is 8.72. The van der Waals surface area contributed by atoms with E-state index in [-0.39, 0.29) is 17.9 Å². The molecule has 4 rings (SSSR count). The summed E-state index contributed by atoms with van der Waals surface area (Å²) in [7, 11) is 0. The van der Waals surface area contributed by atoms with Crippen LogP contribution in [0.15, 0.2) is 12.1 Å². The molecule has 1 aliphatic carbocycles. The van der Waals surface area contributed by atoms with E-state index in [4.69, 9.17) is 4.74 Å². The lowest BCUT2D eigenvalue weighted by atomic mass is 9.84. The van der Waals surface area contributed by atoms with E-state index in [9.17, 15) is 4.79 Å². The number of nitrogens with zero attached hydrogens (tertiary/aromatic N) is 1. The third-order valence-electron chi connectivity index (χ3n) is 5.49. The number of thiophene rings is 1. The standard InChI is InChI=1S/C18H26N2O2S/c1-12-2-5-15(23-12)9-20-7-6-14-11-22-17(16(14)10-20)8-19-18(21)13-3-4-13/h2,5,13-14,16-17H,3-4,6-11H2,1H3,(H,19,21)/t14-,16-,17+/m0/s1. The highest BCUT2D eigenvalue weighted by molar-refractivity contribution is 7.11. The number of rotatable bonds is 5. The van der Waals surface area contributed by atoms with Gasteiger partial charge in [0.15, 0.2) is 0 Å². The van der Waals surface area contributed by atoms with Crippen LogP contribution in [0.1, 0.15) is 29.0 Å². The van der Waals surface area contributed by atoms with Crippen molar-refractivity contribution >= 4 is 17.2 Å². The molecule has 5 heteroatoms. The monoisotopic (exact) mass is 334 g/mol. The first-order valence-electron chi connectivity index (χ1n) is 8.86. The Morgan fingerprint density at radius 2 is 2.26 bits per heavy atom. The first-order chi connectivity index (χ1) is 11.2. The Morgan fingerprint density at radius 3 is 3.00 bits per heavy atom. The van der Waals surface area contributed by atoms with Crippen molar-refractivity contribution in [2.45, 2.75) is 38.8 Å². The van der Waals surface area contributed by atoms with E-state index in [1.807, 2.05) is 11.3 Å². The van der Waals surface area contributed by atoms with Gasteiger partial charge in [0.05, 0.1) is 12.7 Å². The number of nitrogens with one attached hydrogen (secondary N) is 1. The fourth-order valence-corrected chi connectivity index (χ4v) is 4.87. The van der Waals surface area contributed by atoms with Crippen molar-refractivity contribution in [3.05, 3.63) is 21.9 Å². The van der Waals surface area contributed by atoms with Gasteiger partial charge in [-0.15, -0.1) is 11.3 Å². The molecule has 3 aliphatic rings. The summed E-state index contributed by atoms with van der Waals surface area (Å²) < 4.78 is 6.01. The molecule has 126 valence electrons. The van der Waals surface area contributed by atoms with Crippen LogP contribution in [0.25, 0.3) is 0 Å². The molecule has 1 saturated carbocycles. The number of ether oxygens (including phenoxy) is 1. The molecule has 4 nitrogen and oxygen atoms in total. The molecule has 2 aliphatic heterocycles. The summed E-state index contributed by atoms with van der Waals surface area (Å²) in [6, 6.07) is 4.46. The quantitative estimate of drug-likeness (QED) is 0.899. The minimum absolute atomic E-state index is 0.204. The summed E-state index contributed by atoms with van der Waals surface area (Å²) in [5.74, 6) is 1.78. The summed E-state index contributed by atoms with van der Waals surface area (Å²) in [6.07, 6.45) is 3.56. The van der Waals surface area contributed by atoms with Crippen LogP contribution in [0.2, 0.25) is 0 Å². The van der Waals surface area contributed by atoms with Crippen molar-refractivity contribution in [1.29, 1.82) is 0 Å². The zero-order valence-electron chi connectivity index (χ0n) is 13.8. The maximum Gasteiger partial charge on any atom is 0.223 e. The van der Waals surface area contributed by atoms with Gasteiger partial charge in [-0.3, -0.25) is 9.69 Å². The number of amides is 1. The maximum atomic E-state index is 11.9. The Balaban J connectivity index is 1.32. The predicted molar refractivity (Wildman–Crippen MR) is 91.4 cm³/mol. The van der Waals surface area contributed by atoms with E-state index in [1.165, 1.54) is 22.7 Å². The van der Waals surface area contributed by atoms with Gasteiger partial charge in [0.2, 0.25) is 5.91 Å². The van der Waals surface area contributed by atoms with Gasteiger partial charge in [-0.1, -0.05) is 0 Å². The van der Waals surface area contributed by atoms with Crippen LogP contribution in [0.5, 0.6) is 0 Å². The molecular weight excluding hydrogens is 308 g/mol. The fraction of sp³-hybridized carbons (Fsp3) is 0.722. The minimum Gasteiger partial charge on any atom is -0.376 e. The van der Waals surface area contributed by atoms with Crippen molar-refractivity contribution in [3.8, 4) is 0 Å². The van der Waals surface area contributed by atoms with Gasteiger partial charge in [-0.05, 0) is 50.8 Å². The summed E-state index contributed by atoms with van der Waals surface area (Å²) in [6.45, 7) is 7.07. The van der Waals surface area contributed by atoms with E-state index in [2.05, 4.69) is 29.3 Å². The minimum atomic E-state index is 0.204. The van der Waals surface area contributed by atoms with Gasteiger partial charge in [0.1, 0.15) is 0 Å². The van der Waals surface area contributed by atoms with Gasteiger partial charge in [-0.25, -0.2) is 0 Å². The van der Waals surface area contributed by atoms with E-state index in [0.29, 0.717) is 18.4 Å². The van der Waals surface area contributed by atoms with Crippen molar-refractivity contribution < 1.29 is 9.53 Å². The number of hydrogen-bond donors (Lipinski definition) is 1. The predicted octanol–water partition coefficient (Wildman–Crippen LogP) is 2.42.